The molecule has 17 heavy (non-hydrogen) atoms. The van der Waals surface area contributed by atoms with Gasteiger partial charge in [-0.25, -0.2) is 0 Å². The van der Waals surface area contributed by atoms with E-state index in [4.69, 9.17) is 0 Å². The molecule has 0 unspecified atom stereocenters. The third kappa shape index (κ3) is 1.93. The number of nitrogens with zero attached hydrogens (tertiary/aromatic N) is 1. The molecular weight excluding hydrogens is 278 g/mol. The molecule has 2 rings (SSSR count). The van der Waals surface area contributed by atoms with E-state index in [1.54, 1.807) is 4.57 Å². The number of aryl methyl sites for hydroxylation is 2. The maximum Gasteiger partial charge on any atom is 0.254 e. The molecule has 0 bridgehead atoms. The average Bonchev–Trinajstić information content (AvgIpc) is 2.26. The first-order chi connectivity index (χ1) is 7.93. The maximum atomic E-state index is 12.3. The Labute approximate surface area is 109 Å². The zero-order chi connectivity index (χ0) is 12.7. The molecule has 0 atom stereocenters. The van der Waals surface area contributed by atoms with Crippen LogP contribution in [0.1, 0.15) is 30.9 Å². The van der Waals surface area contributed by atoms with Crippen molar-refractivity contribution in [2.75, 3.05) is 0 Å². The monoisotopic (exact) mass is 293 g/mol. The molecule has 0 amide bonds. The minimum atomic E-state index is 0.118. The van der Waals surface area contributed by atoms with E-state index in [0.717, 1.165) is 26.5 Å². The molecule has 0 aliphatic rings. The van der Waals surface area contributed by atoms with E-state index in [-0.39, 0.29) is 11.5 Å². The van der Waals surface area contributed by atoms with Crippen molar-refractivity contribution in [2.24, 2.45) is 7.05 Å². The molecule has 0 aliphatic heterocycles. The maximum absolute atomic E-state index is 12.3. The Morgan fingerprint density at radius 2 is 1.94 bits per heavy atom. The van der Waals surface area contributed by atoms with Crippen LogP contribution in [0.3, 0.4) is 0 Å². The molecule has 1 aromatic carbocycles. The predicted molar refractivity (Wildman–Crippen MR) is 75.7 cm³/mol. The lowest BCUT2D eigenvalue weighted by Gasteiger charge is -2.15. The molecule has 1 heterocycles. The first-order valence-corrected chi connectivity index (χ1v) is 6.51. The van der Waals surface area contributed by atoms with Crippen LogP contribution in [0.5, 0.6) is 0 Å². The standard InChI is InChI=1S/C14H16BrNO/c1-8(2)13-9(3)11-7-10(15)5-6-12(11)16(4)14(13)17/h5-8H,1-4H3. The van der Waals surface area contributed by atoms with Crippen molar-refractivity contribution in [3.05, 3.63) is 44.2 Å². The topological polar surface area (TPSA) is 22.0 Å². The Morgan fingerprint density at radius 1 is 1.29 bits per heavy atom. The summed E-state index contributed by atoms with van der Waals surface area (Å²) in [4.78, 5) is 12.3. The van der Waals surface area contributed by atoms with E-state index in [1.807, 2.05) is 26.1 Å². The van der Waals surface area contributed by atoms with Crippen LogP contribution in [0.2, 0.25) is 0 Å². The summed E-state index contributed by atoms with van der Waals surface area (Å²) in [5, 5.41) is 1.14. The first-order valence-electron chi connectivity index (χ1n) is 5.72. The summed E-state index contributed by atoms with van der Waals surface area (Å²) in [5.74, 6) is 0.247. The molecule has 2 aromatic rings. The Balaban J connectivity index is 3.01. The van der Waals surface area contributed by atoms with Crippen LogP contribution in [-0.4, -0.2) is 4.57 Å². The van der Waals surface area contributed by atoms with Crippen molar-refractivity contribution >= 4 is 26.8 Å². The summed E-state index contributed by atoms with van der Waals surface area (Å²) in [6.45, 7) is 6.16. The summed E-state index contributed by atoms with van der Waals surface area (Å²) in [5.41, 5.74) is 3.12. The number of pyridine rings is 1. The number of hydrogen-bond donors (Lipinski definition) is 0. The second-order valence-electron chi connectivity index (χ2n) is 4.72. The SMILES string of the molecule is Cc1c(C(C)C)c(=O)n(C)c2ccc(Br)cc12. The Kier molecular flexibility index (Phi) is 3.13. The number of rotatable bonds is 1. The van der Waals surface area contributed by atoms with Crippen LogP contribution in [0.15, 0.2) is 27.5 Å². The van der Waals surface area contributed by atoms with Gasteiger partial charge in [-0.2, -0.15) is 0 Å². The van der Waals surface area contributed by atoms with E-state index < -0.39 is 0 Å². The molecule has 0 aliphatic carbocycles. The molecule has 0 saturated heterocycles. The van der Waals surface area contributed by atoms with Gasteiger partial charge in [0, 0.05) is 22.5 Å². The van der Waals surface area contributed by atoms with E-state index >= 15 is 0 Å². The van der Waals surface area contributed by atoms with Gasteiger partial charge in [-0.3, -0.25) is 4.79 Å². The number of fused-ring (bicyclic) bond motifs is 1. The highest BCUT2D eigenvalue weighted by Gasteiger charge is 2.14. The summed E-state index contributed by atoms with van der Waals surface area (Å²) >= 11 is 3.48. The largest absolute Gasteiger partial charge is 0.311 e. The van der Waals surface area contributed by atoms with Gasteiger partial charge in [0.15, 0.2) is 0 Å². The molecule has 0 radical (unpaired) electrons. The van der Waals surface area contributed by atoms with Crippen molar-refractivity contribution in [1.29, 1.82) is 0 Å². The van der Waals surface area contributed by atoms with Crippen LogP contribution < -0.4 is 5.56 Å². The van der Waals surface area contributed by atoms with Gasteiger partial charge in [0.05, 0.1) is 5.52 Å². The smallest absolute Gasteiger partial charge is 0.254 e. The van der Waals surface area contributed by atoms with Crippen LogP contribution in [0.25, 0.3) is 10.9 Å². The summed E-state index contributed by atoms with van der Waals surface area (Å²) in [6.07, 6.45) is 0. The van der Waals surface area contributed by atoms with Gasteiger partial charge in [-0.05, 0) is 36.6 Å². The van der Waals surface area contributed by atoms with Crippen molar-refractivity contribution in [2.45, 2.75) is 26.7 Å². The lowest BCUT2D eigenvalue weighted by Crippen LogP contribution is -2.23. The third-order valence-corrected chi connectivity index (χ3v) is 3.73. The minimum Gasteiger partial charge on any atom is -0.311 e. The second-order valence-corrected chi connectivity index (χ2v) is 5.63. The first kappa shape index (κ1) is 12.4. The number of hydrogen-bond acceptors (Lipinski definition) is 1. The number of aromatic nitrogens is 1. The fraction of sp³-hybridized carbons (Fsp3) is 0.357. The van der Waals surface area contributed by atoms with Gasteiger partial charge in [-0.1, -0.05) is 29.8 Å². The normalized spacial score (nSPS) is 11.4. The van der Waals surface area contributed by atoms with Gasteiger partial charge in [0.1, 0.15) is 0 Å². The zero-order valence-electron chi connectivity index (χ0n) is 10.5. The van der Waals surface area contributed by atoms with E-state index in [2.05, 4.69) is 35.8 Å². The van der Waals surface area contributed by atoms with Crippen molar-refractivity contribution in [3.8, 4) is 0 Å². The van der Waals surface area contributed by atoms with Crippen molar-refractivity contribution < 1.29 is 0 Å². The quantitative estimate of drug-likeness (QED) is 0.785. The molecule has 90 valence electrons. The number of benzene rings is 1. The highest BCUT2D eigenvalue weighted by Crippen LogP contribution is 2.26. The highest BCUT2D eigenvalue weighted by atomic mass is 79.9. The van der Waals surface area contributed by atoms with Gasteiger partial charge in [0.25, 0.3) is 5.56 Å². The van der Waals surface area contributed by atoms with Crippen molar-refractivity contribution in [1.82, 2.24) is 4.57 Å². The van der Waals surface area contributed by atoms with Crippen LogP contribution in [0, 0.1) is 6.92 Å². The van der Waals surface area contributed by atoms with Gasteiger partial charge >= 0.3 is 0 Å². The van der Waals surface area contributed by atoms with E-state index in [9.17, 15) is 4.79 Å². The Hall–Kier alpha value is -1.09. The third-order valence-electron chi connectivity index (χ3n) is 3.24. The van der Waals surface area contributed by atoms with E-state index in [0.29, 0.717) is 0 Å². The molecule has 1 aromatic heterocycles. The Bertz CT molecular complexity index is 641. The summed E-state index contributed by atoms with van der Waals surface area (Å²) < 4.78 is 2.78. The van der Waals surface area contributed by atoms with Crippen LogP contribution in [0.4, 0.5) is 0 Å². The summed E-state index contributed by atoms with van der Waals surface area (Å²) in [6, 6.07) is 6.03. The molecule has 3 heteroatoms. The Morgan fingerprint density at radius 3 is 2.53 bits per heavy atom. The van der Waals surface area contributed by atoms with Crippen LogP contribution in [-0.2, 0) is 7.05 Å². The van der Waals surface area contributed by atoms with Gasteiger partial charge < -0.3 is 4.57 Å². The highest BCUT2D eigenvalue weighted by molar-refractivity contribution is 9.10. The number of halogens is 1. The second kappa shape index (κ2) is 4.30. The average molecular weight is 294 g/mol. The molecule has 0 N–H and O–H groups in total. The van der Waals surface area contributed by atoms with Crippen molar-refractivity contribution in [3.63, 3.8) is 0 Å². The minimum absolute atomic E-state index is 0.118. The predicted octanol–water partition coefficient (Wildman–Crippen LogP) is 3.73. The van der Waals surface area contributed by atoms with Crippen LogP contribution >= 0.6 is 15.9 Å². The molecule has 0 saturated carbocycles. The van der Waals surface area contributed by atoms with Gasteiger partial charge in [-0.15, -0.1) is 0 Å². The fourth-order valence-electron chi connectivity index (χ4n) is 2.38. The molecular formula is C14H16BrNO. The lowest BCUT2D eigenvalue weighted by atomic mass is 9.96. The molecule has 2 nitrogen and oxygen atoms in total. The lowest BCUT2D eigenvalue weighted by molar-refractivity contribution is 0.794. The summed E-state index contributed by atoms with van der Waals surface area (Å²) in [7, 11) is 1.84. The fourth-order valence-corrected chi connectivity index (χ4v) is 2.74. The zero-order valence-corrected chi connectivity index (χ0v) is 12.1. The van der Waals surface area contributed by atoms with E-state index in [1.165, 1.54) is 0 Å². The van der Waals surface area contributed by atoms with Gasteiger partial charge in [0.2, 0.25) is 0 Å². The molecule has 0 fully saturated rings. The molecule has 0 spiro atoms.